The van der Waals surface area contributed by atoms with E-state index in [1.54, 1.807) is 5.57 Å². The zero-order valence-electron chi connectivity index (χ0n) is 7.96. The molecule has 66 valence electrons. The second kappa shape index (κ2) is 2.25. The molecule has 0 bridgehead atoms. The highest BCUT2D eigenvalue weighted by Gasteiger charge is 2.54. The third-order valence-corrected chi connectivity index (χ3v) is 3.56. The van der Waals surface area contributed by atoms with Gasteiger partial charge in [0.05, 0.1) is 0 Å². The molecule has 13 heavy (non-hydrogen) atoms. The van der Waals surface area contributed by atoms with E-state index in [-0.39, 0.29) is 0 Å². The fraction of sp³-hybridized carbons (Fsp3) is 0.385. The predicted octanol–water partition coefficient (Wildman–Crippen LogP) is 3.40. The molecule has 2 atom stereocenters. The Bertz CT molecular complexity index is 365. The zero-order valence-corrected chi connectivity index (χ0v) is 7.96. The minimum absolute atomic E-state index is 0.438. The molecule has 0 radical (unpaired) electrons. The van der Waals surface area contributed by atoms with Crippen LogP contribution in [0.5, 0.6) is 0 Å². The Morgan fingerprint density at radius 2 is 2.46 bits per heavy atom. The molecule has 1 spiro atoms. The topological polar surface area (TPSA) is 0 Å². The largest absolute Gasteiger partial charge is 0.0802 e. The van der Waals surface area contributed by atoms with Gasteiger partial charge in [-0.1, -0.05) is 43.4 Å². The van der Waals surface area contributed by atoms with Gasteiger partial charge in [-0.15, -0.1) is 0 Å². The fourth-order valence-corrected chi connectivity index (χ4v) is 2.52. The lowest BCUT2D eigenvalue weighted by Gasteiger charge is -2.21. The van der Waals surface area contributed by atoms with Crippen molar-refractivity contribution >= 4 is 0 Å². The highest BCUT2D eigenvalue weighted by Crippen LogP contribution is 2.63. The Labute approximate surface area is 79.3 Å². The van der Waals surface area contributed by atoms with Crippen LogP contribution in [0.4, 0.5) is 0 Å². The van der Waals surface area contributed by atoms with E-state index >= 15 is 0 Å². The van der Waals surface area contributed by atoms with Crippen molar-refractivity contribution < 1.29 is 0 Å². The maximum Gasteiger partial charge on any atom is 0.0204 e. The van der Waals surface area contributed by atoms with Crippen LogP contribution in [0.3, 0.4) is 0 Å². The van der Waals surface area contributed by atoms with Crippen molar-refractivity contribution in [2.24, 2.45) is 11.3 Å². The molecule has 3 aliphatic carbocycles. The van der Waals surface area contributed by atoms with E-state index < -0.39 is 0 Å². The highest BCUT2D eigenvalue weighted by atomic mass is 14.6. The van der Waals surface area contributed by atoms with Crippen LogP contribution in [0.25, 0.3) is 0 Å². The normalized spacial score (nSPS) is 39.0. The molecule has 0 aromatic carbocycles. The van der Waals surface area contributed by atoms with Crippen LogP contribution in [0.2, 0.25) is 0 Å². The molecule has 2 unspecified atom stereocenters. The summed E-state index contributed by atoms with van der Waals surface area (Å²) in [4.78, 5) is 0. The lowest BCUT2D eigenvalue weighted by atomic mass is 9.83. The van der Waals surface area contributed by atoms with Gasteiger partial charge in [0.15, 0.2) is 0 Å². The van der Waals surface area contributed by atoms with Crippen LogP contribution >= 0.6 is 0 Å². The molecular weight excluding hydrogens is 156 g/mol. The molecule has 1 saturated carbocycles. The Hall–Kier alpha value is -1.04. The Morgan fingerprint density at radius 1 is 1.54 bits per heavy atom. The van der Waals surface area contributed by atoms with E-state index in [0.717, 1.165) is 12.3 Å². The van der Waals surface area contributed by atoms with Gasteiger partial charge >= 0.3 is 0 Å². The van der Waals surface area contributed by atoms with Crippen LogP contribution in [0.1, 0.15) is 19.8 Å². The van der Waals surface area contributed by atoms with E-state index in [1.165, 1.54) is 12.0 Å². The summed E-state index contributed by atoms with van der Waals surface area (Å²) in [5.74, 6) is 0.804. The van der Waals surface area contributed by atoms with Gasteiger partial charge in [-0.2, -0.15) is 0 Å². The second-order valence-corrected chi connectivity index (χ2v) is 4.26. The molecule has 0 aromatic heterocycles. The standard InChI is InChI=1S/C13H14/c1-2-10-6-7-13-9-12(13)5-3-4-11(13)8-10/h3-8,12H,2,9H2,1H3. The molecule has 0 amide bonds. The Kier molecular flexibility index (Phi) is 1.28. The number of hydrogen-bond donors (Lipinski definition) is 0. The van der Waals surface area contributed by atoms with E-state index in [1.807, 2.05) is 0 Å². The summed E-state index contributed by atoms with van der Waals surface area (Å²) >= 11 is 0. The smallest absolute Gasteiger partial charge is 0.0204 e. The van der Waals surface area contributed by atoms with Gasteiger partial charge < -0.3 is 0 Å². The van der Waals surface area contributed by atoms with Crippen LogP contribution < -0.4 is 0 Å². The van der Waals surface area contributed by atoms with Gasteiger partial charge in [0.2, 0.25) is 0 Å². The lowest BCUT2D eigenvalue weighted by Crippen LogP contribution is -2.08. The zero-order chi connectivity index (χ0) is 8.89. The van der Waals surface area contributed by atoms with Crippen LogP contribution in [-0.4, -0.2) is 0 Å². The first kappa shape index (κ1) is 7.37. The van der Waals surface area contributed by atoms with E-state index in [2.05, 4.69) is 43.4 Å². The summed E-state index contributed by atoms with van der Waals surface area (Å²) in [6, 6.07) is 0. The highest BCUT2D eigenvalue weighted by molar-refractivity contribution is 5.53. The number of hydrogen-bond acceptors (Lipinski definition) is 0. The molecule has 1 fully saturated rings. The molecule has 0 aromatic rings. The van der Waals surface area contributed by atoms with Gasteiger partial charge in [-0.3, -0.25) is 0 Å². The Balaban J connectivity index is 2.06. The summed E-state index contributed by atoms with van der Waals surface area (Å²) in [5, 5.41) is 0. The molecule has 0 N–H and O–H groups in total. The van der Waals surface area contributed by atoms with E-state index in [9.17, 15) is 0 Å². The third-order valence-electron chi connectivity index (χ3n) is 3.56. The number of rotatable bonds is 1. The minimum Gasteiger partial charge on any atom is -0.0802 e. The van der Waals surface area contributed by atoms with Crippen molar-refractivity contribution in [3.05, 3.63) is 47.6 Å². The SMILES string of the molecule is CCC1=CC2=CC=CC3CC23C=C1. The molecule has 0 saturated heterocycles. The molecule has 3 aliphatic rings. The van der Waals surface area contributed by atoms with Crippen molar-refractivity contribution in [1.82, 2.24) is 0 Å². The maximum absolute atomic E-state index is 2.42. The molecule has 0 aliphatic heterocycles. The van der Waals surface area contributed by atoms with Crippen LogP contribution in [0, 0.1) is 11.3 Å². The molecule has 3 rings (SSSR count). The van der Waals surface area contributed by atoms with Gasteiger partial charge in [0.25, 0.3) is 0 Å². The average molecular weight is 170 g/mol. The van der Waals surface area contributed by atoms with Crippen molar-refractivity contribution in [2.75, 3.05) is 0 Å². The summed E-state index contributed by atoms with van der Waals surface area (Å²) in [7, 11) is 0. The van der Waals surface area contributed by atoms with Gasteiger partial charge in [0.1, 0.15) is 0 Å². The lowest BCUT2D eigenvalue weighted by molar-refractivity contribution is 0.732. The predicted molar refractivity (Wildman–Crippen MR) is 55.3 cm³/mol. The summed E-state index contributed by atoms with van der Waals surface area (Å²) < 4.78 is 0. The maximum atomic E-state index is 2.42. The second-order valence-electron chi connectivity index (χ2n) is 4.26. The Morgan fingerprint density at radius 3 is 3.31 bits per heavy atom. The van der Waals surface area contributed by atoms with Gasteiger partial charge in [-0.25, -0.2) is 0 Å². The van der Waals surface area contributed by atoms with E-state index in [4.69, 9.17) is 0 Å². The van der Waals surface area contributed by atoms with Crippen molar-refractivity contribution in [1.29, 1.82) is 0 Å². The first-order valence-electron chi connectivity index (χ1n) is 5.14. The monoisotopic (exact) mass is 170 g/mol. The summed E-state index contributed by atoms with van der Waals surface area (Å²) in [6.07, 6.45) is 16.4. The first-order valence-corrected chi connectivity index (χ1v) is 5.14. The number of allylic oxidation sites excluding steroid dienone is 8. The molecule has 0 nitrogen and oxygen atoms in total. The average Bonchev–Trinajstić information content (AvgIpc) is 2.88. The first-order chi connectivity index (χ1) is 6.35. The van der Waals surface area contributed by atoms with Crippen molar-refractivity contribution in [3.63, 3.8) is 0 Å². The van der Waals surface area contributed by atoms with Crippen LogP contribution in [-0.2, 0) is 0 Å². The van der Waals surface area contributed by atoms with E-state index in [0.29, 0.717) is 5.41 Å². The van der Waals surface area contributed by atoms with Crippen molar-refractivity contribution in [3.8, 4) is 0 Å². The molecule has 0 heterocycles. The summed E-state index contributed by atoms with van der Waals surface area (Å²) in [5.41, 5.74) is 3.45. The fourth-order valence-electron chi connectivity index (χ4n) is 2.52. The quantitative estimate of drug-likeness (QED) is 0.566. The van der Waals surface area contributed by atoms with Gasteiger partial charge in [-0.05, 0) is 29.9 Å². The van der Waals surface area contributed by atoms with Gasteiger partial charge in [0, 0.05) is 5.41 Å². The molecular formula is C13H14. The van der Waals surface area contributed by atoms with Crippen molar-refractivity contribution in [2.45, 2.75) is 19.8 Å². The summed E-state index contributed by atoms with van der Waals surface area (Å²) in [6.45, 7) is 2.22. The molecule has 0 heteroatoms. The minimum atomic E-state index is 0.438. The third kappa shape index (κ3) is 0.861. The van der Waals surface area contributed by atoms with Crippen LogP contribution in [0.15, 0.2) is 47.6 Å².